The van der Waals surface area contributed by atoms with Gasteiger partial charge in [-0.3, -0.25) is 4.79 Å². The maximum Gasteiger partial charge on any atom is 0.150 e. The van der Waals surface area contributed by atoms with E-state index in [1.54, 1.807) is 0 Å². The van der Waals surface area contributed by atoms with Crippen LogP contribution in [-0.4, -0.2) is 11.4 Å². The van der Waals surface area contributed by atoms with Gasteiger partial charge in [0.2, 0.25) is 0 Å². The number of rotatable bonds is 1. The quantitative estimate of drug-likeness (QED) is 0.561. The number of aromatic hydroxyl groups is 1. The minimum atomic E-state index is 0.0559. The van der Waals surface area contributed by atoms with E-state index in [9.17, 15) is 9.90 Å². The normalized spacial score (nSPS) is 10.5. The number of carbonyl (C=O) groups is 1. The molecule has 2 nitrogen and oxygen atoms in total. The van der Waals surface area contributed by atoms with Crippen molar-refractivity contribution in [2.24, 2.45) is 0 Å². The number of thiophene rings is 1. The Balaban J connectivity index is 2.95. The Morgan fingerprint density at radius 3 is 3.00 bits per heavy atom. The van der Waals surface area contributed by atoms with Gasteiger partial charge in [0.15, 0.2) is 6.29 Å². The van der Waals surface area contributed by atoms with Gasteiger partial charge in [0.1, 0.15) is 5.75 Å². The van der Waals surface area contributed by atoms with Gasteiger partial charge in [-0.05, 0) is 17.5 Å². The van der Waals surface area contributed by atoms with E-state index in [0.29, 0.717) is 10.5 Å². The first-order chi connectivity index (χ1) is 6.24. The van der Waals surface area contributed by atoms with E-state index in [-0.39, 0.29) is 5.75 Å². The molecule has 2 rings (SSSR count). The Bertz CT molecular complexity index is 474. The standard InChI is InChI=1S/C9H6O2S2/c10-4-5-3-7(11)8(12)9-6(5)1-2-13-9/h1-4,11-12H. The molecule has 0 bridgehead atoms. The monoisotopic (exact) mass is 210 g/mol. The summed E-state index contributed by atoms with van der Waals surface area (Å²) in [5.41, 5.74) is 0.506. The van der Waals surface area contributed by atoms with Crippen molar-refractivity contribution in [2.75, 3.05) is 0 Å². The van der Waals surface area contributed by atoms with Gasteiger partial charge in [-0.2, -0.15) is 0 Å². The number of aldehydes is 1. The minimum Gasteiger partial charge on any atom is -0.507 e. The van der Waals surface area contributed by atoms with E-state index in [2.05, 4.69) is 12.6 Å². The second-order valence-corrected chi connectivity index (χ2v) is 3.98. The molecule has 13 heavy (non-hydrogen) atoms. The van der Waals surface area contributed by atoms with Crippen LogP contribution in [0.3, 0.4) is 0 Å². The second-order valence-electron chi connectivity index (χ2n) is 2.61. The van der Waals surface area contributed by atoms with Crippen molar-refractivity contribution in [1.29, 1.82) is 0 Å². The van der Waals surface area contributed by atoms with Crippen LogP contribution < -0.4 is 0 Å². The third-order valence-electron chi connectivity index (χ3n) is 1.85. The number of phenols is 1. The summed E-state index contributed by atoms with van der Waals surface area (Å²) in [5, 5.41) is 12.1. The van der Waals surface area contributed by atoms with Crippen molar-refractivity contribution in [3.05, 3.63) is 23.1 Å². The summed E-state index contributed by atoms with van der Waals surface area (Å²) in [6.07, 6.45) is 0.738. The fraction of sp³-hybridized carbons (Fsp3) is 0. The highest BCUT2D eigenvalue weighted by atomic mass is 32.1. The molecule has 1 aromatic carbocycles. The molecule has 4 heteroatoms. The summed E-state index contributed by atoms with van der Waals surface area (Å²) in [4.78, 5) is 11.2. The SMILES string of the molecule is O=Cc1cc(O)c(S)c2sccc12. The summed E-state index contributed by atoms with van der Waals surface area (Å²) in [6.45, 7) is 0. The molecule has 0 aliphatic carbocycles. The lowest BCUT2D eigenvalue weighted by atomic mass is 10.1. The topological polar surface area (TPSA) is 37.3 Å². The molecular weight excluding hydrogens is 204 g/mol. The number of hydrogen-bond donors (Lipinski definition) is 2. The molecule has 1 heterocycles. The number of fused-ring (bicyclic) bond motifs is 1. The van der Waals surface area contributed by atoms with Gasteiger partial charge in [-0.25, -0.2) is 0 Å². The Kier molecular flexibility index (Phi) is 2.01. The molecule has 0 atom stereocenters. The molecule has 66 valence electrons. The zero-order chi connectivity index (χ0) is 9.42. The highest BCUT2D eigenvalue weighted by molar-refractivity contribution is 7.80. The molecule has 0 radical (unpaired) electrons. The average molecular weight is 210 g/mol. The molecule has 2 aromatic rings. The number of hydrogen-bond acceptors (Lipinski definition) is 4. The first kappa shape index (κ1) is 8.59. The van der Waals surface area contributed by atoms with E-state index in [0.717, 1.165) is 16.4 Å². The summed E-state index contributed by atoms with van der Waals surface area (Å²) < 4.78 is 0.852. The van der Waals surface area contributed by atoms with Gasteiger partial charge >= 0.3 is 0 Å². The van der Waals surface area contributed by atoms with Crippen LogP contribution in [0.1, 0.15) is 10.4 Å². The van der Waals surface area contributed by atoms with Crippen LogP contribution in [0.2, 0.25) is 0 Å². The molecule has 0 aliphatic heterocycles. The van der Waals surface area contributed by atoms with Crippen molar-refractivity contribution in [1.82, 2.24) is 0 Å². The maximum atomic E-state index is 10.7. The van der Waals surface area contributed by atoms with E-state index in [1.807, 2.05) is 11.4 Å². The fourth-order valence-corrected chi connectivity index (χ4v) is 2.44. The van der Waals surface area contributed by atoms with Crippen LogP contribution in [0.4, 0.5) is 0 Å². The van der Waals surface area contributed by atoms with Gasteiger partial charge in [-0.15, -0.1) is 24.0 Å². The first-order valence-electron chi connectivity index (χ1n) is 3.61. The maximum absolute atomic E-state index is 10.7. The third kappa shape index (κ3) is 1.22. The molecule has 0 saturated heterocycles. The highest BCUT2D eigenvalue weighted by Crippen LogP contribution is 2.35. The van der Waals surface area contributed by atoms with Crippen molar-refractivity contribution in [2.45, 2.75) is 4.90 Å². The molecule has 1 N–H and O–H groups in total. The number of phenolic OH excluding ortho intramolecular Hbond substituents is 1. The molecular formula is C9H6O2S2. The fourth-order valence-electron chi connectivity index (χ4n) is 1.23. The zero-order valence-corrected chi connectivity index (χ0v) is 8.23. The van der Waals surface area contributed by atoms with Gasteiger partial charge < -0.3 is 5.11 Å². The largest absolute Gasteiger partial charge is 0.507 e. The molecule has 1 aromatic heterocycles. The lowest BCUT2D eigenvalue weighted by Crippen LogP contribution is -1.81. The first-order valence-corrected chi connectivity index (χ1v) is 4.94. The van der Waals surface area contributed by atoms with Crippen LogP contribution in [0.5, 0.6) is 5.75 Å². The van der Waals surface area contributed by atoms with Crippen LogP contribution in [0.25, 0.3) is 10.1 Å². The predicted molar refractivity (Wildman–Crippen MR) is 56.1 cm³/mol. The van der Waals surface area contributed by atoms with Crippen LogP contribution in [-0.2, 0) is 0 Å². The molecule has 0 unspecified atom stereocenters. The summed E-state index contributed by atoms with van der Waals surface area (Å²) in [7, 11) is 0. The van der Waals surface area contributed by atoms with Crippen LogP contribution >= 0.6 is 24.0 Å². The second kappa shape index (κ2) is 3.05. The van der Waals surface area contributed by atoms with Crippen LogP contribution in [0, 0.1) is 0 Å². The average Bonchev–Trinajstić information content (AvgIpc) is 2.60. The summed E-state index contributed by atoms with van der Waals surface area (Å²) in [6, 6.07) is 3.28. The Morgan fingerprint density at radius 2 is 2.31 bits per heavy atom. The summed E-state index contributed by atoms with van der Waals surface area (Å²) in [5.74, 6) is 0.0559. The van der Waals surface area contributed by atoms with E-state index in [4.69, 9.17) is 0 Å². The minimum absolute atomic E-state index is 0.0559. The Morgan fingerprint density at radius 1 is 1.54 bits per heavy atom. The number of carbonyl (C=O) groups excluding carboxylic acids is 1. The lowest BCUT2D eigenvalue weighted by molar-refractivity contribution is 0.112. The molecule has 0 amide bonds. The van der Waals surface area contributed by atoms with E-state index < -0.39 is 0 Å². The lowest BCUT2D eigenvalue weighted by Gasteiger charge is -2.01. The van der Waals surface area contributed by atoms with Gasteiger partial charge in [0, 0.05) is 10.9 Å². The summed E-state index contributed by atoms with van der Waals surface area (Å²) >= 11 is 5.62. The Hall–Kier alpha value is -1.00. The smallest absolute Gasteiger partial charge is 0.150 e. The van der Waals surface area contributed by atoms with Crippen LogP contribution in [0.15, 0.2) is 22.4 Å². The molecule has 0 saturated carbocycles. The van der Waals surface area contributed by atoms with Gasteiger partial charge in [-0.1, -0.05) is 0 Å². The van der Waals surface area contributed by atoms with Crippen molar-refractivity contribution in [3.8, 4) is 5.75 Å². The highest BCUT2D eigenvalue weighted by Gasteiger charge is 2.09. The molecule has 0 spiro atoms. The van der Waals surface area contributed by atoms with Crippen molar-refractivity contribution in [3.63, 3.8) is 0 Å². The molecule has 0 aliphatic rings. The Labute approximate surface area is 84.2 Å². The number of benzene rings is 1. The molecule has 0 fully saturated rings. The van der Waals surface area contributed by atoms with Crippen molar-refractivity contribution >= 4 is 40.3 Å². The number of thiol groups is 1. The van der Waals surface area contributed by atoms with Gasteiger partial charge in [0.05, 0.1) is 9.60 Å². The third-order valence-corrected chi connectivity index (χ3v) is 3.39. The van der Waals surface area contributed by atoms with Crippen molar-refractivity contribution < 1.29 is 9.90 Å². The van der Waals surface area contributed by atoms with Gasteiger partial charge in [0.25, 0.3) is 0 Å². The zero-order valence-electron chi connectivity index (χ0n) is 6.52. The van der Waals surface area contributed by atoms with E-state index >= 15 is 0 Å². The predicted octanol–water partition coefficient (Wildman–Crippen LogP) is 2.71. The van der Waals surface area contributed by atoms with E-state index in [1.165, 1.54) is 17.4 Å².